The molecule has 72 valence electrons. The van der Waals surface area contributed by atoms with Crippen LogP contribution in [0, 0.1) is 6.92 Å². The third-order valence-corrected chi connectivity index (χ3v) is 2.13. The number of hydrogen-bond acceptors (Lipinski definition) is 2. The van der Waals surface area contributed by atoms with Crippen LogP contribution in [-0.2, 0) is 0 Å². The van der Waals surface area contributed by atoms with E-state index in [0.717, 1.165) is 12.2 Å². The Hall–Kier alpha value is -1.02. The summed E-state index contributed by atoms with van der Waals surface area (Å²) in [7, 11) is 0. The molecular formula is C11H17NO. The molecule has 2 heteroatoms. The minimum absolute atomic E-state index is 0.424. The maximum atomic E-state index is 9.48. The summed E-state index contributed by atoms with van der Waals surface area (Å²) in [6.07, 6.45) is -0.424. The first-order chi connectivity index (χ1) is 6.15. The molecule has 0 saturated carbocycles. The molecule has 0 saturated heterocycles. The van der Waals surface area contributed by atoms with Crippen molar-refractivity contribution < 1.29 is 5.11 Å². The van der Waals surface area contributed by atoms with Crippen molar-refractivity contribution in [1.29, 1.82) is 0 Å². The molecular weight excluding hydrogens is 162 g/mol. The smallest absolute Gasteiger partial charge is 0.124 e. The van der Waals surface area contributed by atoms with Gasteiger partial charge in [-0.2, -0.15) is 0 Å². The maximum absolute atomic E-state index is 9.48. The SMILES string of the molecule is CCN(c1cccc(C)c1)C(C)O. The fraction of sp³-hybridized carbons (Fsp3) is 0.455. The molecule has 0 aliphatic rings. The minimum atomic E-state index is -0.424. The van der Waals surface area contributed by atoms with Gasteiger partial charge in [0.2, 0.25) is 0 Å². The van der Waals surface area contributed by atoms with E-state index in [9.17, 15) is 5.11 Å². The Bertz CT molecular complexity index is 271. The molecule has 1 atom stereocenters. The molecule has 0 spiro atoms. The Kier molecular flexibility index (Phi) is 3.32. The molecule has 1 aromatic rings. The van der Waals surface area contributed by atoms with E-state index in [-0.39, 0.29) is 0 Å². The number of anilines is 1. The van der Waals surface area contributed by atoms with Crippen LogP contribution in [-0.4, -0.2) is 17.9 Å². The Morgan fingerprint density at radius 3 is 2.62 bits per heavy atom. The molecule has 2 nitrogen and oxygen atoms in total. The molecule has 0 radical (unpaired) electrons. The predicted octanol–water partition coefficient (Wildman–Crippen LogP) is 2.16. The van der Waals surface area contributed by atoms with Gasteiger partial charge in [-0.1, -0.05) is 12.1 Å². The van der Waals surface area contributed by atoms with Gasteiger partial charge in [-0.25, -0.2) is 0 Å². The highest BCUT2D eigenvalue weighted by Gasteiger charge is 2.08. The van der Waals surface area contributed by atoms with Crippen molar-refractivity contribution in [2.24, 2.45) is 0 Å². The van der Waals surface area contributed by atoms with E-state index < -0.39 is 6.23 Å². The zero-order valence-corrected chi connectivity index (χ0v) is 8.49. The normalized spacial score (nSPS) is 12.6. The van der Waals surface area contributed by atoms with Gasteiger partial charge >= 0.3 is 0 Å². The second-order valence-electron chi connectivity index (χ2n) is 3.26. The van der Waals surface area contributed by atoms with Crippen LogP contribution >= 0.6 is 0 Å². The minimum Gasteiger partial charge on any atom is -0.374 e. The fourth-order valence-corrected chi connectivity index (χ4v) is 1.47. The Morgan fingerprint density at radius 2 is 2.15 bits per heavy atom. The number of aliphatic hydroxyl groups excluding tert-OH is 1. The molecule has 0 aromatic heterocycles. The van der Waals surface area contributed by atoms with Crippen molar-refractivity contribution >= 4 is 5.69 Å². The van der Waals surface area contributed by atoms with Crippen LogP contribution in [0.4, 0.5) is 5.69 Å². The van der Waals surface area contributed by atoms with Crippen molar-refractivity contribution in [2.75, 3.05) is 11.4 Å². The Labute approximate surface area is 79.8 Å². The first kappa shape index (κ1) is 10.1. The van der Waals surface area contributed by atoms with E-state index in [4.69, 9.17) is 0 Å². The van der Waals surface area contributed by atoms with Gasteiger partial charge in [0.25, 0.3) is 0 Å². The number of aliphatic hydroxyl groups is 1. The second-order valence-corrected chi connectivity index (χ2v) is 3.26. The Morgan fingerprint density at radius 1 is 1.46 bits per heavy atom. The lowest BCUT2D eigenvalue weighted by molar-refractivity contribution is 0.190. The van der Waals surface area contributed by atoms with Crippen molar-refractivity contribution in [3.8, 4) is 0 Å². The van der Waals surface area contributed by atoms with E-state index in [0.29, 0.717) is 0 Å². The van der Waals surface area contributed by atoms with E-state index in [1.807, 2.05) is 24.0 Å². The summed E-state index contributed by atoms with van der Waals surface area (Å²) in [5, 5.41) is 9.48. The lowest BCUT2D eigenvalue weighted by Crippen LogP contribution is -2.32. The molecule has 0 bridgehead atoms. The quantitative estimate of drug-likeness (QED) is 0.719. The lowest BCUT2D eigenvalue weighted by Gasteiger charge is -2.26. The summed E-state index contributed by atoms with van der Waals surface area (Å²) in [6.45, 7) is 6.70. The van der Waals surface area contributed by atoms with E-state index in [1.54, 1.807) is 6.92 Å². The Balaban J connectivity index is 2.91. The molecule has 1 aromatic carbocycles. The van der Waals surface area contributed by atoms with Gasteiger partial charge < -0.3 is 10.0 Å². The number of aryl methyl sites for hydroxylation is 1. The third-order valence-electron chi connectivity index (χ3n) is 2.13. The topological polar surface area (TPSA) is 23.5 Å². The highest BCUT2D eigenvalue weighted by atomic mass is 16.3. The third kappa shape index (κ3) is 2.46. The highest BCUT2D eigenvalue weighted by molar-refractivity contribution is 5.48. The van der Waals surface area contributed by atoms with Crippen LogP contribution in [0.2, 0.25) is 0 Å². The molecule has 0 aliphatic heterocycles. The molecule has 0 aliphatic carbocycles. The summed E-state index contributed by atoms with van der Waals surface area (Å²) in [4.78, 5) is 1.95. The largest absolute Gasteiger partial charge is 0.374 e. The van der Waals surface area contributed by atoms with Gasteiger partial charge in [-0.15, -0.1) is 0 Å². The molecule has 1 rings (SSSR count). The van der Waals surface area contributed by atoms with Gasteiger partial charge in [0.05, 0.1) is 0 Å². The van der Waals surface area contributed by atoms with Gasteiger partial charge in [0, 0.05) is 12.2 Å². The number of nitrogens with zero attached hydrogens (tertiary/aromatic N) is 1. The molecule has 13 heavy (non-hydrogen) atoms. The summed E-state index contributed by atoms with van der Waals surface area (Å²) in [6, 6.07) is 8.16. The fourth-order valence-electron chi connectivity index (χ4n) is 1.47. The average molecular weight is 179 g/mol. The zero-order valence-electron chi connectivity index (χ0n) is 8.49. The average Bonchev–Trinajstić information content (AvgIpc) is 2.04. The van der Waals surface area contributed by atoms with Crippen LogP contribution in [0.3, 0.4) is 0 Å². The van der Waals surface area contributed by atoms with E-state index in [2.05, 4.69) is 19.1 Å². The second kappa shape index (κ2) is 4.28. The number of hydrogen-bond donors (Lipinski definition) is 1. The van der Waals surface area contributed by atoms with Crippen LogP contribution in [0.5, 0.6) is 0 Å². The van der Waals surface area contributed by atoms with Gasteiger partial charge in [-0.05, 0) is 38.5 Å². The van der Waals surface area contributed by atoms with Crippen molar-refractivity contribution in [2.45, 2.75) is 27.0 Å². The van der Waals surface area contributed by atoms with Crippen LogP contribution in [0.25, 0.3) is 0 Å². The summed E-state index contributed by atoms with van der Waals surface area (Å²) in [5.74, 6) is 0. The number of benzene rings is 1. The van der Waals surface area contributed by atoms with Crippen LogP contribution < -0.4 is 4.90 Å². The molecule has 1 N–H and O–H groups in total. The summed E-state index contributed by atoms with van der Waals surface area (Å²) in [5.41, 5.74) is 2.30. The highest BCUT2D eigenvalue weighted by Crippen LogP contribution is 2.16. The van der Waals surface area contributed by atoms with Crippen molar-refractivity contribution in [1.82, 2.24) is 0 Å². The van der Waals surface area contributed by atoms with Crippen LogP contribution in [0.1, 0.15) is 19.4 Å². The predicted molar refractivity (Wildman–Crippen MR) is 55.9 cm³/mol. The van der Waals surface area contributed by atoms with E-state index >= 15 is 0 Å². The molecule has 0 fully saturated rings. The standard InChI is InChI=1S/C11H17NO/c1-4-12(10(3)13)11-7-5-6-9(2)8-11/h5-8,10,13H,4H2,1-3H3. The summed E-state index contributed by atoms with van der Waals surface area (Å²) >= 11 is 0. The van der Waals surface area contributed by atoms with Gasteiger partial charge in [0.1, 0.15) is 6.23 Å². The molecule has 1 unspecified atom stereocenters. The zero-order chi connectivity index (χ0) is 9.84. The van der Waals surface area contributed by atoms with Gasteiger partial charge in [0.15, 0.2) is 0 Å². The van der Waals surface area contributed by atoms with Crippen molar-refractivity contribution in [3.63, 3.8) is 0 Å². The first-order valence-corrected chi connectivity index (χ1v) is 4.66. The van der Waals surface area contributed by atoms with Crippen LogP contribution in [0.15, 0.2) is 24.3 Å². The van der Waals surface area contributed by atoms with E-state index in [1.165, 1.54) is 5.56 Å². The molecule has 0 heterocycles. The maximum Gasteiger partial charge on any atom is 0.124 e. The first-order valence-electron chi connectivity index (χ1n) is 4.66. The lowest BCUT2D eigenvalue weighted by atomic mass is 10.2. The monoisotopic (exact) mass is 179 g/mol. The summed E-state index contributed by atoms with van der Waals surface area (Å²) < 4.78 is 0. The number of rotatable bonds is 3. The molecule has 0 amide bonds. The van der Waals surface area contributed by atoms with Gasteiger partial charge in [-0.3, -0.25) is 0 Å². The van der Waals surface area contributed by atoms with Crippen molar-refractivity contribution in [3.05, 3.63) is 29.8 Å².